The summed E-state index contributed by atoms with van der Waals surface area (Å²) in [5.41, 5.74) is 1.90. The molecule has 0 spiro atoms. The van der Waals surface area contributed by atoms with E-state index in [1.54, 1.807) is 7.05 Å². The molecular weight excluding hydrogens is 459 g/mol. The summed E-state index contributed by atoms with van der Waals surface area (Å²) in [5.74, 6) is -1.03. The number of hydrogen-bond acceptors (Lipinski definition) is 5. The Hall–Kier alpha value is -3.59. The van der Waals surface area contributed by atoms with Gasteiger partial charge in [0.1, 0.15) is 5.82 Å². The lowest BCUT2D eigenvalue weighted by Crippen LogP contribution is -2.27. The predicted octanol–water partition coefficient (Wildman–Crippen LogP) is 4.48. The fourth-order valence-electron chi connectivity index (χ4n) is 3.43. The highest BCUT2D eigenvalue weighted by Crippen LogP contribution is 2.35. The van der Waals surface area contributed by atoms with Gasteiger partial charge in [-0.25, -0.2) is 12.8 Å². The van der Waals surface area contributed by atoms with Crippen LogP contribution >= 0.6 is 0 Å². The van der Waals surface area contributed by atoms with E-state index >= 15 is 0 Å². The Morgan fingerprint density at radius 1 is 1.00 bits per heavy atom. The van der Waals surface area contributed by atoms with E-state index in [-0.39, 0.29) is 27.6 Å². The summed E-state index contributed by atoms with van der Waals surface area (Å²) in [5, 5.41) is 0. The van der Waals surface area contributed by atoms with Crippen LogP contribution in [0.3, 0.4) is 0 Å². The number of ether oxygens (including phenoxy) is 2. The van der Waals surface area contributed by atoms with Gasteiger partial charge in [0.2, 0.25) is 0 Å². The number of carbonyl (C=O) groups is 1. The molecule has 0 saturated heterocycles. The molecule has 1 N–H and O–H groups in total. The van der Waals surface area contributed by atoms with Crippen molar-refractivity contribution in [2.75, 3.05) is 26.0 Å². The zero-order valence-corrected chi connectivity index (χ0v) is 20.3. The number of rotatable bonds is 9. The number of aryl methyl sites for hydroxylation is 1. The van der Waals surface area contributed by atoms with Crippen LogP contribution in [-0.2, 0) is 23.0 Å². The van der Waals surface area contributed by atoms with Crippen LogP contribution in [-0.4, -0.2) is 40.5 Å². The topological polar surface area (TPSA) is 84.9 Å². The molecule has 0 saturated carbocycles. The number of para-hydroxylation sites is 1. The van der Waals surface area contributed by atoms with Gasteiger partial charge in [0.25, 0.3) is 15.9 Å². The second-order valence-electron chi connectivity index (χ2n) is 7.62. The number of nitrogens with zero attached hydrogens (tertiary/aromatic N) is 1. The molecule has 3 aromatic carbocycles. The first-order valence-electron chi connectivity index (χ1n) is 10.6. The summed E-state index contributed by atoms with van der Waals surface area (Å²) >= 11 is 0. The first kappa shape index (κ1) is 25.0. The lowest BCUT2D eigenvalue weighted by Gasteiger charge is -2.21. The number of methoxy groups -OCH3 is 2. The maximum absolute atomic E-state index is 14.0. The second kappa shape index (κ2) is 10.6. The van der Waals surface area contributed by atoms with Crippen LogP contribution in [0.25, 0.3) is 0 Å². The SMILES string of the molecule is CCc1ccc(CN(C)C(=O)c2cc(S(=O)(=O)Nc3ccccc3F)cc(OC)c2OC)cc1. The van der Waals surface area contributed by atoms with Gasteiger partial charge in [-0.3, -0.25) is 9.52 Å². The molecule has 0 aliphatic rings. The lowest BCUT2D eigenvalue weighted by molar-refractivity contribution is 0.0780. The van der Waals surface area contributed by atoms with Crippen LogP contribution in [0.15, 0.2) is 65.6 Å². The molecule has 0 aromatic heterocycles. The molecule has 180 valence electrons. The predicted molar refractivity (Wildman–Crippen MR) is 128 cm³/mol. The molecule has 0 heterocycles. The van der Waals surface area contributed by atoms with Crippen molar-refractivity contribution in [2.45, 2.75) is 24.8 Å². The van der Waals surface area contributed by atoms with E-state index in [9.17, 15) is 17.6 Å². The molecular formula is C25H27FN2O5S. The third kappa shape index (κ3) is 5.48. The fraction of sp³-hybridized carbons (Fsp3) is 0.240. The molecule has 3 rings (SSSR count). The molecule has 0 aliphatic heterocycles. The average Bonchev–Trinajstić information content (AvgIpc) is 2.84. The quantitative estimate of drug-likeness (QED) is 0.482. The van der Waals surface area contributed by atoms with E-state index in [1.165, 1.54) is 55.0 Å². The van der Waals surface area contributed by atoms with Gasteiger partial charge in [0, 0.05) is 19.7 Å². The first-order valence-corrected chi connectivity index (χ1v) is 12.0. The van der Waals surface area contributed by atoms with Gasteiger partial charge in [0.15, 0.2) is 11.5 Å². The average molecular weight is 487 g/mol. The largest absolute Gasteiger partial charge is 0.493 e. The molecule has 7 nitrogen and oxygen atoms in total. The van der Waals surface area contributed by atoms with Gasteiger partial charge >= 0.3 is 0 Å². The number of nitrogens with one attached hydrogen (secondary N) is 1. The Morgan fingerprint density at radius 3 is 2.24 bits per heavy atom. The highest BCUT2D eigenvalue weighted by Gasteiger charge is 2.26. The van der Waals surface area contributed by atoms with Gasteiger partial charge in [-0.15, -0.1) is 0 Å². The van der Waals surface area contributed by atoms with E-state index < -0.39 is 21.7 Å². The molecule has 0 aliphatic carbocycles. The maximum Gasteiger partial charge on any atom is 0.262 e. The summed E-state index contributed by atoms with van der Waals surface area (Å²) in [7, 11) is 0.0779. The number of amides is 1. The number of halogens is 1. The van der Waals surface area contributed by atoms with Crippen LogP contribution in [0.4, 0.5) is 10.1 Å². The minimum atomic E-state index is -4.24. The van der Waals surface area contributed by atoms with Gasteiger partial charge in [-0.1, -0.05) is 43.3 Å². The summed E-state index contributed by atoms with van der Waals surface area (Å²) in [6.07, 6.45) is 0.911. The van der Waals surface area contributed by atoms with Crippen molar-refractivity contribution >= 4 is 21.6 Å². The monoisotopic (exact) mass is 486 g/mol. The molecule has 0 unspecified atom stereocenters. The van der Waals surface area contributed by atoms with Crippen LogP contribution in [0.2, 0.25) is 0 Å². The van der Waals surface area contributed by atoms with Gasteiger partial charge < -0.3 is 14.4 Å². The second-order valence-corrected chi connectivity index (χ2v) is 9.31. The Kier molecular flexibility index (Phi) is 7.78. The Labute approximate surface area is 199 Å². The maximum atomic E-state index is 14.0. The molecule has 1 amide bonds. The third-order valence-corrected chi connectivity index (χ3v) is 6.65. The van der Waals surface area contributed by atoms with E-state index in [0.29, 0.717) is 6.54 Å². The minimum absolute atomic E-state index is 0.00318. The molecule has 0 fully saturated rings. The van der Waals surface area contributed by atoms with Crippen molar-refractivity contribution in [1.29, 1.82) is 0 Å². The van der Waals surface area contributed by atoms with Gasteiger partial charge in [-0.2, -0.15) is 0 Å². The number of benzene rings is 3. The lowest BCUT2D eigenvalue weighted by atomic mass is 10.1. The summed E-state index contributed by atoms with van der Waals surface area (Å²) in [6, 6.07) is 15.7. The van der Waals surface area contributed by atoms with Crippen molar-refractivity contribution in [3.8, 4) is 11.5 Å². The normalized spacial score (nSPS) is 11.1. The number of anilines is 1. The standard InChI is InChI=1S/C25H27FN2O5S/c1-5-17-10-12-18(13-11-17)16-28(2)25(29)20-14-19(15-23(32-3)24(20)33-4)34(30,31)27-22-9-7-6-8-21(22)26/h6-15,27H,5,16H2,1-4H3. The highest BCUT2D eigenvalue weighted by atomic mass is 32.2. The molecule has 0 atom stereocenters. The third-order valence-electron chi connectivity index (χ3n) is 5.31. The number of sulfonamides is 1. The zero-order chi connectivity index (χ0) is 24.9. The van der Waals surface area contributed by atoms with E-state index in [4.69, 9.17) is 9.47 Å². The van der Waals surface area contributed by atoms with Gasteiger partial charge in [0.05, 0.1) is 30.4 Å². The molecule has 0 bridgehead atoms. The van der Waals surface area contributed by atoms with Crippen molar-refractivity contribution in [3.05, 3.63) is 83.2 Å². The molecule has 0 radical (unpaired) electrons. The highest BCUT2D eigenvalue weighted by molar-refractivity contribution is 7.92. The van der Waals surface area contributed by atoms with Gasteiger partial charge in [-0.05, 0) is 35.7 Å². The van der Waals surface area contributed by atoms with Crippen molar-refractivity contribution in [1.82, 2.24) is 4.90 Å². The van der Waals surface area contributed by atoms with Crippen molar-refractivity contribution < 1.29 is 27.1 Å². The van der Waals surface area contributed by atoms with E-state index in [0.717, 1.165) is 18.1 Å². The Balaban J connectivity index is 1.98. The van der Waals surface area contributed by atoms with Crippen LogP contribution < -0.4 is 14.2 Å². The fourth-order valence-corrected chi connectivity index (χ4v) is 4.54. The van der Waals surface area contributed by atoms with Crippen molar-refractivity contribution in [2.24, 2.45) is 0 Å². The summed E-state index contributed by atoms with van der Waals surface area (Å²) in [4.78, 5) is 14.5. The number of hydrogen-bond donors (Lipinski definition) is 1. The van der Waals surface area contributed by atoms with Crippen LogP contribution in [0.1, 0.15) is 28.4 Å². The van der Waals surface area contributed by atoms with E-state index in [2.05, 4.69) is 11.6 Å². The summed E-state index contributed by atoms with van der Waals surface area (Å²) in [6.45, 7) is 2.37. The van der Waals surface area contributed by atoms with Crippen LogP contribution in [0.5, 0.6) is 11.5 Å². The molecule has 9 heteroatoms. The number of carbonyl (C=O) groups excluding carboxylic acids is 1. The smallest absolute Gasteiger partial charge is 0.262 e. The zero-order valence-electron chi connectivity index (χ0n) is 19.5. The van der Waals surface area contributed by atoms with E-state index in [1.807, 2.05) is 24.3 Å². The Morgan fingerprint density at radius 2 is 1.65 bits per heavy atom. The molecule has 3 aromatic rings. The molecule has 34 heavy (non-hydrogen) atoms. The minimum Gasteiger partial charge on any atom is -0.493 e. The first-order chi connectivity index (χ1) is 16.2. The summed E-state index contributed by atoms with van der Waals surface area (Å²) < 4.78 is 53.0. The Bertz CT molecular complexity index is 1280. The van der Waals surface area contributed by atoms with Crippen molar-refractivity contribution in [3.63, 3.8) is 0 Å². The van der Waals surface area contributed by atoms with Crippen LogP contribution in [0, 0.1) is 5.82 Å².